The molecule has 0 saturated carbocycles. The summed E-state index contributed by atoms with van der Waals surface area (Å²) in [7, 11) is -1.52. The number of carbonyl (C=O) groups is 5. The highest BCUT2D eigenvalue weighted by Gasteiger charge is 2.34. The molecule has 0 atom stereocenters. The molecule has 0 fully saturated rings. The highest BCUT2D eigenvalue weighted by Crippen LogP contribution is 2.20. The van der Waals surface area contributed by atoms with Crippen LogP contribution in [-0.2, 0) is 46.9 Å². The number of hydrogen-bond donors (Lipinski definition) is 2. The van der Waals surface area contributed by atoms with E-state index < -0.39 is 43.5 Å². The van der Waals surface area contributed by atoms with E-state index in [-0.39, 0.29) is 36.9 Å². The minimum absolute atomic E-state index is 0.121. The van der Waals surface area contributed by atoms with Crippen LogP contribution in [0.25, 0.3) is 0 Å². The Bertz CT molecular complexity index is 1470. The second-order valence-corrected chi connectivity index (χ2v) is 17.5. The molecule has 0 aromatic heterocycles. The summed E-state index contributed by atoms with van der Waals surface area (Å²) in [6.07, 6.45) is 6.33. The van der Waals surface area contributed by atoms with Crippen molar-refractivity contribution in [1.29, 1.82) is 0 Å². The number of carbonyl (C=O) groups excluding carboxylic acids is 5. The summed E-state index contributed by atoms with van der Waals surface area (Å²) in [6.45, 7) is 9.10. The van der Waals surface area contributed by atoms with Gasteiger partial charge in [-0.2, -0.15) is 0 Å². The monoisotopic (exact) mass is 850 g/mol. The van der Waals surface area contributed by atoms with Crippen molar-refractivity contribution in [2.45, 2.75) is 122 Å². The first-order chi connectivity index (χ1) is 27.9. The first-order valence-corrected chi connectivity index (χ1v) is 22.2. The molecule has 59 heavy (non-hydrogen) atoms. The molecule has 2 N–H and O–H groups in total. The average molecular weight is 851 g/mol. The molecule has 0 unspecified atom stereocenters. The molecule has 0 bridgehead atoms. The lowest BCUT2D eigenvalue weighted by molar-refractivity contribution is -0.214. The van der Waals surface area contributed by atoms with Crippen molar-refractivity contribution in [3.8, 4) is 11.5 Å². The molecule has 17 heteroatoms. The van der Waals surface area contributed by atoms with Crippen molar-refractivity contribution < 1.29 is 76.5 Å². The molecule has 0 aliphatic carbocycles. The number of methoxy groups -OCH3 is 1. The van der Waals surface area contributed by atoms with Crippen molar-refractivity contribution in [1.82, 2.24) is 0 Å². The van der Waals surface area contributed by atoms with Crippen LogP contribution in [-0.4, -0.2) is 99.8 Å². The maximum atomic E-state index is 12.2. The molecule has 0 aliphatic heterocycles. The highest BCUT2D eigenvalue weighted by atomic mass is 28.4. The quantitative estimate of drug-likeness (QED) is 0.0202. The summed E-state index contributed by atoms with van der Waals surface area (Å²) in [5.74, 6) is -1.78. The normalized spacial score (nSPS) is 11.8. The van der Waals surface area contributed by atoms with Crippen LogP contribution >= 0.6 is 0 Å². The summed E-state index contributed by atoms with van der Waals surface area (Å²) in [5.41, 5.74) is -2.41. The zero-order valence-electron chi connectivity index (χ0n) is 35.2. The Hall–Kier alpha value is -4.23. The van der Waals surface area contributed by atoms with Gasteiger partial charge in [0.25, 0.3) is 0 Å². The lowest BCUT2D eigenvalue weighted by atomic mass is 9.97. The summed E-state index contributed by atoms with van der Waals surface area (Å²) in [5, 5.41) is 19.8. The van der Waals surface area contributed by atoms with Gasteiger partial charge < -0.3 is 33.0 Å². The Balaban J connectivity index is 1.71. The molecule has 0 saturated heterocycles. The van der Waals surface area contributed by atoms with Gasteiger partial charge >= 0.3 is 26.7 Å². The Morgan fingerprint density at radius 1 is 0.508 bits per heavy atom. The van der Waals surface area contributed by atoms with Crippen LogP contribution < -0.4 is 9.78 Å². The zero-order valence-corrected chi connectivity index (χ0v) is 36.2. The minimum Gasteiger partial charge on any atom is -0.463 e. The van der Waals surface area contributed by atoms with Crippen molar-refractivity contribution in [3.63, 3.8) is 0 Å². The van der Waals surface area contributed by atoms with Gasteiger partial charge in [0.15, 0.2) is 23.1 Å². The smallest absolute Gasteiger partial charge is 0.463 e. The first-order valence-electron chi connectivity index (χ1n) is 20.0. The fraction of sp³-hybridized carbons (Fsp3) is 0.595. The summed E-state index contributed by atoms with van der Waals surface area (Å²) >= 11 is 0. The van der Waals surface area contributed by atoms with Crippen LogP contribution in [0.2, 0.25) is 6.55 Å². The number of aliphatic hydroxyl groups is 2. The van der Waals surface area contributed by atoms with E-state index in [4.69, 9.17) is 42.3 Å². The minimum atomic E-state index is -3.06. The fourth-order valence-corrected chi connectivity index (χ4v) is 6.95. The van der Waals surface area contributed by atoms with Crippen LogP contribution in [0, 0.1) is 0 Å². The van der Waals surface area contributed by atoms with Gasteiger partial charge in [-0.05, 0) is 115 Å². The lowest BCUT2D eigenvalue weighted by Crippen LogP contribution is -2.43. The Labute approximate surface area is 347 Å². The average Bonchev–Trinajstić information content (AvgIpc) is 3.19. The number of ether oxygens (including phenoxy) is 2. The topological polar surface area (TPSA) is 209 Å². The molecule has 0 heterocycles. The highest BCUT2D eigenvalue weighted by molar-refractivity contribution is 6.59. The van der Waals surface area contributed by atoms with Crippen LogP contribution in [0.4, 0.5) is 0 Å². The molecule has 0 spiro atoms. The predicted octanol–water partition coefficient (Wildman–Crippen LogP) is 6.46. The lowest BCUT2D eigenvalue weighted by Gasteiger charge is -2.26. The van der Waals surface area contributed by atoms with Crippen molar-refractivity contribution in [2.24, 2.45) is 0 Å². The third-order valence-electron chi connectivity index (χ3n) is 8.52. The fourth-order valence-electron chi connectivity index (χ4n) is 5.16. The third-order valence-corrected chi connectivity index (χ3v) is 10.7. The van der Waals surface area contributed by atoms with Gasteiger partial charge in [0.05, 0.1) is 19.4 Å². The molecule has 0 amide bonds. The van der Waals surface area contributed by atoms with Gasteiger partial charge in [-0.1, -0.05) is 19.3 Å². The van der Waals surface area contributed by atoms with E-state index in [1.54, 1.807) is 7.11 Å². The van der Waals surface area contributed by atoms with E-state index in [2.05, 4.69) is 0 Å². The van der Waals surface area contributed by atoms with E-state index in [0.29, 0.717) is 95.3 Å². The van der Waals surface area contributed by atoms with Gasteiger partial charge in [0, 0.05) is 51.0 Å². The van der Waals surface area contributed by atoms with Gasteiger partial charge in [-0.3, -0.25) is 33.9 Å². The van der Waals surface area contributed by atoms with E-state index in [0.717, 1.165) is 6.42 Å². The van der Waals surface area contributed by atoms with Crippen LogP contribution in [0.5, 0.6) is 11.5 Å². The molecule has 2 aromatic rings. The van der Waals surface area contributed by atoms with Gasteiger partial charge in [0.1, 0.15) is 17.8 Å². The third kappa shape index (κ3) is 22.1. The number of ketones is 2. The van der Waals surface area contributed by atoms with E-state index in [1.165, 1.54) is 76.2 Å². The number of benzene rings is 2. The second kappa shape index (κ2) is 26.8. The van der Waals surface area contributed by atoms with Crippen LogP contribution in [0.1, 0.15) is 125 Å². The van der Waals surface area contributed by atoms with Crippen LogP contribution in [0.3, 0.4) is 0 Å². The number of unbranched alkanes of at least 4 members (excludes halogenated alkanes) is 6. The van der Waals surface area contributed by atoms with E-state index in [9.17, 15) is 34.2 Å². The molecule has 2 aromatic carbocycles. The first kappa shape index (κ1) is 50.9. The predicted molar refractivity (Wildman–Crippen MR) is 215 cm³/mol. The Morgan fingerprint density at radius 3 is 1.20 bits per heavy atom. The molecule has 16 nitrogen and oxygen atoms in total. The molecule has 0 radical (unpaired) electrons. The molecule has 330 valence electrons. The van der Waals surface area contributed by atoms with Gasteiger partial charge in [0.2, 0.25) is 0 Å². The van der Waals surface area contributed by atoms with Gasteiger partial charge in [-0.25, -0.2) is 9.59 Å². The van der Waals surface area contributed by atoms with Crippen molar-refractivity contribution in [2.75, 3.05) is 40.1 Å². The van der Waals surface area contributed by atoms with Crippen molar-refractivity contribution >= 4 is 38.3 Å². The Kier molecular flexibility index (Phi) is 23.1. The van der Waals surface area contributed by atoms with Crippen molar-refractivity contribution in [3.05, 3.63) is 59.7 Å². The maximum absolute atomic E-state index is 12.2. The molecule has 0 aliphatic rings. The van der Waals surface area contributed by atoms with E-state index in [1.807, 2.05) is 6.55 Å². The molecular formula is C42H62O16Si. The van der Waals surface area contributed by atoms with Gasteiger partial charge in [-0.15, -0.1) is 0 Å². The van der Waals surface area contributed by atoms with Crippen LogP contribution in [0.15, 0.2) is 48.5 Å². The number of Topliss-reactive ketones (excluding diaryl/α,β-unsaturated/α-hetero) is 2. The maximum Gasteiger partial charge on any atom is 0.497 e. The number of hydrogen-bond acceptors (Lipinski definition) is 16. The summed E-state index contributed by atoms with van der Waals surface area (Å²) < 4.78 is 28.4. The zero-order chi connectivity index (χ0) is 43.7. The second-order valence-electron chi connectivity index (χ2n) is 15.0. The standard InChI is InChI=1S/C42H62O16Si/c1-41(2,48)39(46)32-19-23-34(24-20-32)55-57-37(44)17-11-8-14-28-53-59(6,52-27-13-7-10-16-36(43)51-31-30-50-5)54-29-15-9-12-18-38(45)58-56-35-25-21-33(22-26-35)40(47)42(3,4)49/h19-26,48-49H,7-18,27-31H2,1-6H3. The number of esters is 1. The largest absolute Gasteiger partial charge is 0.497 e. The van der Waals surface area contributed by atoms with E-state index >= 15 is 0 Å². The number of rotatable bonds is 32. The SMILES string of the molecule is COCCOC(=O)CCCCCO[Si](C)(OCCCCCC(=O)OOc1ccc(C(=O)C(C)(C)O)cc1)OCCCCCC(=O)OOc1ccc(C(=O)C(C)(C)O)cc1. The molecular weight excluding hydrogens is 789 g/mol. The summed E-state index contributed by atoms with van der Waals surface area (Å²) in [6, 6.07) is 11.8. The summed E-state index contributed by atoms with van der Waals surface area (Å²) in [4.78, 5) is 80.5. The Morgan fingerprint density at radius 2 is 0.864 bits per heavy atom. The molecule has 2 rings (SSSR count).